The van der Waals surface area contributed by atoms with Crippen LogP contribution in [0.5, 0.6) is 0 Å². The lowest BCUT2D eigenvalue weighted by Crippen LogP contribution is -2.34. The van der Waals surface area contributed by atoms with Crippen molar-refractivity contribution in [3.05, 3.63) is 64.1 Å². The highest BCUT2D eigenvalue weighted by Gasteiger charge is 2.47. The van der Waals surface area contributed by atoms with Gasteiger partial charge in [-0.3, -0.25) is 0 Å². The molecule has 0 atom stereocenters. The van der Waals surface area contributed by atoms with Gasteiger partial charge in [0, 0.05) is 4.47 Å². The van der Waals surface area contributed by atoms with Gasteiger partial charge in [0.15, 0.2) is 0 Å². The third kappa shape index (κ3) is 2.93. The van der Waals surface area contributed by atoms with Crippen molar-refractivity contribution < 1.29 is 8.42 Å². The van der Waals surface area contributed by atoms with Gasteiger partial charge in [-0.1, -0.05) is 28.1 Å². The summed E-state index contributed by atoms with van der Waals surface area (Å²) in [5.41, 5.74) is 0.897. The number of nitrogens with one attached hydrogen (secondary N) is 1. The largest absolute Gasteiger partial charge is 0.241 e. The highest BCUT2D eigenvalue weighted by Crippen LogP contribution is 2.46. The number of hydrogen-bond donors (Lipinski definition) is 1. The molecule has 1 aliphatic carbocycles. The minimum absolute atomic E-state index is 0.176. The fourth-order valence-corrected chi connectivity index (χ4v) is 4.08. The molecule has 1 saturated carbocycles. The molecule has 4 nitrogen and oxygen atoms in total. The molecule has 0 bridgehead atoms. The summed E-state index contributed by atoms with van der Waals surface area (Å²) < 4.78 is 28.8. The van der Waals surface area contributed by atoms with Gasteiger partial charge in [-0.25, -0.2) is 13.1 Å². The predicted molar refractivity (Wildman–Crippen MR) is 86.5 cm³/mol. The standard InChI is InChI=1S/C16H13BrN2O2S/c17-14-5-3-13(4-6-14)16(9-10-16)19-22(20,21)15-7-1-12(11-18)2-8-15/h1-8,19H,9-10H2. The summed E-state index contributed by atoms with van der Waals surface area (Å²) in [6.45, 7) is 0. The van der Waals surface area contributed by atoms with Crippen LogP contribution in [0.3, 0.4) is 0 Å². The van der Waals surface area contributed by atoms with Gasteiger partial charge in [0.2, 0.25) is 10.0 Å². The second-order valence-corrected chi connectivity index (χ2v) is 7.93. The van der Waals surface area contributed by atoms with Crippen molar-refractivity contribution in [2.75, 3.05) is 0 Å². The van der Waals surface area contributed by atoms with Crippen molar-refractivity contribution in [3.8, 4) is 6.07 Å². The molecule has 2 aromatic carbocycles. The van der Waals surface area contributed by atoms with E-state index in [9.17, 15) is 8.42 Å². The fourth-order valence-electron chi connectivity index (χ4n) is 2.37. The van der Waals surface area contributed by atoms with Crippen LogP contribution >= 0.6 is 15.9 Å². The molecule has 0 spiro atoms. The Balaban J connectivity index is 1.87. The second-order valence-electron chi connectivity index (χ2n) is 5.33. The van der Waals surface area contributed by atoms with Gasteiger partial charge in [-0.15, -0.1) is 0 Å². The van der Waals surface area contributed by atoms with E-state index in [4.69, 9.17) is 5.26 Å². The summed E-state index contributed by atoms with van der Waals surface area (Å²) in [4.78, 5) is 0.176. The lowest BCUT2D eigenvalue weighted by Gasteiger charge is -2.18. The summed E-state index contributed by atoms with van der Waals surface area (Å²) >= 11 is 3.38. The van der Waals surface area contributed by atoms with Crippen molar-refractivity contribution >= 4 is 26.0 Å². The van der Waals surface area contributed by atoms with E-state index in [1.54, 1.807) is 0 Å². The lowest BCUT2D eigenvalue weighted by molar-refractivity contribution is 0.551. The van der Waals surface area contributed by atoms with Gasteiger partial charge >= 0.3 is 0 Å². The maximum Gasteiger partial charge on any atom is 0.241 e. The number of hydrogen-bond acceptors (Lipinski definition) is 3. The summed E-state index contributed by atoms with van der Waals surface area (Å²) in [5, 5.41) is 8.78. The van der Waals surface area contributed by atoms with Crippen LogP contribution < -0.4 is 4.72 Å². The number of benzene rings is 2. The zero-order chi connectivity index (χ0) is 15.8. The molecule has 22 heavy (non-hydrogen) atoms. The molecule has 0 radical (unpaired) electrons. The predicted octanol–water partition coefficient (Wildman–Crippen LogP) is 3.29. The Morgan fingerprint density at radius 1 is 1.05 bits per heavy atom. The van der Waals surface area contributed by atoms with E-state index in [1.807, 2.05) is 30.3 Å². The van der Waals surface area contributed by atoms with E-state index in [0.29, 0.717) is 5.56 Å². The molecule has 0 amide bonds. The lowest BCUT2D eigenvalue weighted by atomic mass is 10.1. The Bertz CT molecular complexity index is 833. The van der Waals surface area contributed by atoms with E-state index in [0.717, 1.165) is 22.9 Å². The molecule has 0 saturated heterocycles. The monoisotopic (exact) mass is 376 g/mol. The Kier molecular flexibility index (Phi) is 3.81. The van der Waals surface area contributed by atoms with E-state index in [1.165, 1.54) is 24.3 Å². The molecular weight excluding hydrogens is 364 g/mol. The summed E-state index contributed by atoms with van der Waals surface area (Å²) in [6.07, 6.45) is 1.56. The van der Waals surface area contributed by atoms with E-state index >= 15 is 0 Å². The van der Waals surface area contributed by atoms with Gasteiger partial charge < -0.3 is 0 Å². The van der Waals surface area contributed by atoms with Crippen LogP contribution in [0.1, 0.15) is 24.0 Å². The van der Waals surface area contributed by atoms with Crippen LogP contribution in [0.25, 0.3) is 0 Å². The number of nitriles is 1. The fraction of sp³-hybridized carbons (Fsp3) is 0.188. The smallest absolute Gasteiger partial charge is 0.207 e. The molecule has 6 heteroatoms. The van der Waals surface area contributed by atoms with Gasteiger partial charge in [0.25, 0.3) is 0 Å². The molecule has 0 heterocycles. The van der Waals surface area contributed by atoms with Crippen LogP contribution in [0.2, 0.25) is 0 Å². The number of rotatable bonds is 4. The Morgan fingerprint density at radius 2 is 1.64 bits per heavy atom. The van der Waals surface area contributed by atoms with E-state index in [2.05, 4.69) is 20.7 Å². The molecule has 1 N–H and O–H groups in total. The molecule has 3 rings (SSSR count). The van der Waals surface area contributed by atoms with E-state index in [-0.39, 0.29) is 4.90 Å². The Hall–Kier alpha value is -1.68. The first-order valence-corrected chi connectivity index (χ1v) is 9.03. The molecule has 2 aromatic rings. The van der Waals surface area contributed by atoms with Gasteiger partial charge in [0.05, 0.1) is 22.1 Å². The van der Waals surface area contributed by atoms with Crippen LogP contribution in [-0.4, -0.2) is 8.42 Å². The van der Waals surface area contributed by atoms with Gasteiger partial charge in [-0.05, 0) is 54.8 Å². The van der Waals surface area contributed by atoms with Crippen molar-refractivity contribution in [1.82, 2.24) is 4.72 Å². The van der Waals surface area contributed by atoms with Crippen molar-refractivity contribution in [2.45, 2.75) is 23.3 Å². The zero-order valence-electron chi connectivity index (χ0n) is 11.6. The average molecular weight is 377 g/mol. The summed E-state index contributed by atoms with van der Waals surface area (Å²) in [6, 6.07) is 15.6. The maximum absolute atomic E-state index is 12.5. The topological polar surface area (TPSA) is 70.0 Å². The van der Waals surface area contributed by atoms with Crippen molar-refractivity contribution in [1.29, 1.82) is 5.26 Å². The number of sulfonamides is 1. The van der Waals surface area contributed by atoms with Crippen molar-refractivity contribution in [2.24, 2.45) is 0 Å². The first kappa shape index (κ1) is 15.2. The molecule has 0 aromatic heterocycles. The van der Waals surface area contributed by atoms with Crippen LogP contribution in [0.4, 0.5) is 0 Å². The minimum atomic E-state index is -3.61. The third-order valence-corrected chi connectivity index (χ3v) is 5.85. The number of halogens is 1. The van der Waals surface area contributed by atoms with E-state index < -0.39 is 15.6 Å². The Morgan fingerprint density at radius 3 is 2.14 bits per heavy atom. The van der Waals surface area contributed by atoms with Crippen LogP contribution in [0, 0.1) is 11.3 Å². The molecule has 1 aliphatic rings. The minimum Gasteiger partial charge on any atom is -0.207 e. The van der Waals surface area contributed by atoms with Gasteiger partial charge in [0.1, 0.15) is 0 Å². The van der Waals surface area contributed by atoms with Gasteiger partial charge in [-0.2, -0.15) is 5.26 Å². The van der Waals surface area contributed by atoms with Crippen molar-refractivity contribution in [3.63, 3.8) is 0 Å². The second kappa shape index (κ2) is 5.51. The maximum atomic E-state index is 12.5. The highest BCUT2D eigenvalue weighted by atomic mass is 79.9. The highest BCUT2D eigenvalue weighted by molar-refractivity contribution is 9.10. The Labute approximate surface area is 138 Å². The molecule has 1 fully saturated rings. The average Bonchev–Trinajstić information content (AvgIpc) is 3.28. The zero-order valence-corrected chi connectivity index (χ0v) is 14.0. The molecule has 0 unspecified atom stereocenters. The summed E-state index contributed by atoms with van der Waals surface area (Å²) in [5.74, 6) is 0. The quantitative estimate of drug-likeness (QED) is 0.889. The molecule has 112 valence electrons. The normalized spacial score (nSPS) is 16.0. The number of nitrogens with zero attached hydrogens (tertiary/aromatic N) is 1. The third-order valence-electron chi connectivity index (χ3n) is 3.77. The summed E-state index contributed by atoms with van der Waals surface area (Å²) in [7, 11) is -3.61. The first-order valence-electron chi connectivity index (χ1n) is 6.75. The molecular formula is C16H13BrN2O2S. The van der Waals surface area contributed by atoms with Crippen LogP contribution in [-0.2, 0) is 15.6 Å². The van der Waals surface area contributed by atoms with Crippen LogP contribution in [0.15, 0.2) is 57.9 Å². The SMILES string of the molecule is N#Cc1ccc(S(=O)(=O)NC2(c3ccc(Br)cc3)CC2)cc1. The molecule has 0 aliphatic heterocycles. The first-order chi connectivity index (χ1) is 10.5.